The fraction of sp³-hybridized carbons (Fsp3) is 0.357. The van der Waals surface area contributed by atoms with Gasteiger partial charge in [0.1, 0.15) is 16.9 Å². The van der Waals surface area contributed by atoms with Crippen LogP contribution in [0.25, 0.3) is 33.8 Å². The van der Waals surface area contributed by atoms with Gasteiger partial charge in [0.2, 0.25) is 0 Å². The SMILES string of the molecule is CC(C)(C)OC(=O)NC1CCCCN(n2c(-c3cccnc3N)nc3ccc(-c4ccccc4)nc32)C1. The van der Waals surface area contributed by atoms with Crippen molar-refractivity contribution in [3.63, 3.8) is 0 Å². The summed E-state index contributed by atoms with van der Waals surface area (Å²) in [5.74, 6) is 1.08. The summed E-state index contributed by atoms with van der Waals surface area (Å²) < 4.78 is 7.57. The zero-order chi connectivity index (χ0) is 26.0. The molecular formula is C28H33N7O2. The number of hydrogen-bond donors (Lipinski definition) is 2. The first-order valence-electron chi connectivity index (χ1n) is 12.7. The number of amides is 1. The smallest absolute Gasteiger partial charge is 0.407 e. The van der Waals surface area contributed by atoms with E-state index in [0.29, 0.717) is 18.2 Å². The molecule has 0 bridgehead atoms. The maximum Gasteiger partial charge on any atom is 0.407 e. The van der Waals surface area contributed by atoms with Crippen LogP contribution in [0.5, 0.6) is 0 Å². The Morgan fingerprint density at radius 2 is 1.86 bits per heavy atom. The molecule has 0 radical (unpaired) electrons. The number of carbonyl (C=O) groups excluding carboxylic acids is 1. The number of nitrogens with two attached hydrogens (primary N) is 1. The quantitative estimate of drug-likeness (QED) is 0.416. The van der Waals surface area contributed by atoms with Crippen molar-refractivity contribution < 1.29 is 9.53 Å². The van der Waals surface area contributed by atoms with Gasteiger partial charge in [-0.2, -0.15) is 0 Å². The van der Waals surface area contributed by atoms with Gasteiger partial charge in [-0.05, 0) is 64.3 Å². The van der Waals surface area contributed by atoms with Gasteiger partial charge in [0.25, 0.3) is 0 Å². The van der Waals surface area contributed by atoms with Crippen molar-refractivity contribution in [2.45, 2.75) is 51.7 Å². The molecule has 0 aliphatic carbocycles. The highest BCUT2D eigenvalue weighted by atomic mass is 16.6. The maximum atomic E-state index is 12.6. The first kappa shape index (κ1) is 24.5. The summed E-state index contributed by atoms with van der Waals surface area (Å²) in [7, 11) is 0. The number of fused-ring (bicyclic) bond motifs is 1. The Balaban J connectivity index is 1.58. The fourth-order valence-electron chi connectivity index (χ4n) is 4.66. The van der Waals surface area contributed by atoms with E-state index in [0.717, 1.165) is 53.8 Å². The van der Waals surface area contributed by atoms with Crippen molar-refractivity contribution in [2.75, 3.05) is 23.8 Å². The number of anilines is 1. The van der Waals surface area contributed by atoms with Crippen LogP contribution in [0.1, 0.15) is 40.0 Å². The number of nitrogen functional groups attached to an aromatic ring is 1. The minimum absolute atomic E-state index is 0.0915. The Labute approximate surface area is 216 Å². The Kier molecular flexibility index (Phi) is 6.69. The third kappa shape index (κ3) is 5.50. The van der Waals surface area contributed by atoms with E-state index in [1.807, 2.05) is 80.0 Å². The van der Waals surface area contributed by atoms with E-state index in [1.165, 1.54) is 0 Å². The van der Waals surface area contributed by atoms with E-state index < -0.39 is 11.7 Å². The van der Waals surface area contributed by atoms with E-state index in [-0.39, 0.29) is 6.04 Å². The highest BCUT2D eigenvalue weighted by Gasteiger charge is 2.27. The molecule has 3 aromatic heterocycles. The predicted octanol–water partition coefficient (Wildman–Crippen LogP) is 4.76. The Morgan fingerprint density at radius 1 is 1.05 bits per heavy atom. The molecule has 9 heteroatoms. The third-order valence-corrected chi connectivity index (χ3v) is 6.28. The molecule has 0 spiro atoms. The van der Waals surface area contributed by atoms with E-state index >= 15 is 0 Å². The summed E-state index contributed by atoms with van der Waals surface area (Å²) in [6.45, 7) is 6.95. The standard InChI is InChI=1S/C28H33N7O2/c1-28(2,3)37-27(36)31-20-12-7-8-17-34(18-20)35-25(21-13-9-16-30-24(21)29)33-23-15-14-22(32-26(23)35)19-10-5-4-6-11-19/h4-6,9-11,13-16,20H,7-8,12,17-18H2,1-3H3,(H2,29,30)(H,31,36). The minimum atomic E-state index is -0.558. The summed E-state index contributed by atoms with van der Waals surface area (Å²) in [5.41, 5.74) is 9.86. The summed E-state index contributed by atoms with van der Waals surface area (Å²) in [5, 5.41) is 5.27. The molecule has 9 nitrogen and oxygen atoms in total. The van der Waals surface area contributed by atoms with Gasteiger partial charge in [-0.15, -0.1) is 0 Å². The van der Waals surface area contributed by atoms with Crippen molar-refractivity contribution in [3.05, 3.63) is 60.8 Å². The van der Waals surface area contributed by atoms with Crippen LogP contribution in [0.3, 0.4) is 0 Å². The molecule has 1 aromatic carbocycles. The van der Waals surface area contributed by atoms with Crippen LogP contribution in [-0.2, 0) is 4.74 Å². The molecule has 3 N–H and O–H groups in total. The first-order valence-corrected chi connectivity index (χ1v) is 12.7. The summed E-state index contributed by atoms with van der Waals surface area (Å²) in [4.78, 5) is 26.9. The van der Waals surface area contributed by atoms with Crippen LogP contribution in [0, 0.1) is 0 Å². The van der Waals surface area contributed by atoms with Crippen LogP contribution in [0.15, 0.2) is 60.8 Å². The lowest BCUT2D eigenvalue weighted by Gasteiger charge is -2.30. The van der Waals surface area contributed by atoms with Gasteiger partial charge in [-0.3, -0.25) is 0 Å². The number of rotatable bonds is 4. The topological polar surface area (TPSA) is 111 Å². The van der Waals surface area contributed by atoms with Gasteiger partial charge < -0.3 is 20.8 Å². The largest absolute Gasteiger partial charge is 0.444 e. The van der Waals surface area contributed by atoms with Crippen molar-refractivity contribution in [1.29, 1.82) is 0 Å². The number of benzene rings is 1. The number of nitrogens with zero attached hydrogens (tertiary/aromatic N) is 5. The number of pyridine rings is 2. The van der Waals surface area contributed by atoms with Crippen molar-refractivity contribution >= 4 is 23.1 Å². The van der Waals surface area contributed by atoms with E-state index in [4.69, 9.17) is 20.4 Å². The van der Waals surface area contributed by atoms with E-state index in [2.05, 4.69) is 15.3 Å². The van der Waals surface area contributed by atoms with Crippen LogP contribution < -0.4 is 16.1 Å². The maximum absolute atomic E-state index is 12.6. The van der Waals surface area contributed by atoms with Crippen LogP contribution in [-0.4, -0.2) is 50.5 Å². The molecule has 4 heterocycles. The molecule has 192 valence electrons. The van der Waals surface area contributed by atoms with Gasteiger partial charge in [-0.1, -0.05) is 30.3 Å². The molecule has 5 rings (SSSR count). The molecule has 1 aliphatic rings. The number of carbonyl (C=O) groups is 1. The number of hydrogen-bond acceptors (Lipinski definition) is 7. The lowest BCUT2D eigenvalue weighted by atomic mass is 10.1. The number of imidazole rings is 1. The second kappa shape index (κ2) is 10.1. The van der Waals surface area contributed by atoms with Gasteiger partial charge in [-0.25, -0.2) is 24.4 Å². The normalized spacial score (nSPS) is 16.4. The molecule has 37 heavy (non-hydrogen) atoms. The van der Waals surface area contributed by atoms with E-state index in [1.54, 1.807) is 6.20 Å². The number of aromatic nitrogens is 4. The zero-order valence-corrected chi connectivity index (χ0v) is 21.5. The van der Waals surface area contributed by atoms with E-state index in [9.17, 15) is 4.79 Å². The Hall–Kier alpha value is -4.14. The van der Waals surface area contributed by atoms with Crippen molar-refractivity contribution in [3.8, 4) is 22.6 Å². The summed E-state index contributed by atoms with van der Waals surface area (Å²) >= 11 is 0. The monoisotopic (exact) mass is 499 g/mol. The lowest BCUT2D eigenvalue weighted by molar-refractivity contribution is 0.0503. The molecule has 1 unspecified atom stereocenters. The zero-order valence-electron chi connectivity index (χ0n) is 21.5. The predicted molar refractivity (Wildman–Crippen MR) is 146 cm³/mol. The lowest BCUT2D eigenvalue weighted by Crippen LogP contribution is -2.48. The Bertz CT molecular complexity index is 1390. The number of alkyl carbamates (subject to hydrolysis) is 1. The molecular weight excluding hydrogens is 466 g/mol. The van der Waals surface area contributed by atoms with Crippen LogP contribution >= 0.6 is 0 Å². The van der Waals surface area contributed by atoms with Gasteiger partial charge in [0, 0.05) is 18.3 Å². The highest BCUT2D eigenvalue weighted by molar-refractivity contribution is 5.82. The average molecular weight is 500 g/mol. The summed E-state index contributed by atoms with van der Waals surface area (Å²) in [6.07, 6.45) is 4.07. The average Bonchev–Trinajstić information content (AvgIpc) is 3.08. The third-order valence-electron chi connectivity index (χ3n) is 6.28. The minimum Gasteiger partial charge on any atom is -0.444 e. The van der Waals surface area contributed by atoms with Gasteiger partial charge >= 0.3 is 6.09 Å². The van der Waals surface area contributed by atoms with Crippen molar-refractivity contribution in [2.24, 2.45) is 0 Å². The molecule has 1 saturated heterocycles. The molecule has 1 atom stereocenters. The second-order valence-corrected chi connectivity index (χ2v) is 10.3. The molecule has 1 aliphatic heterocycles. The fourth-order valence-corrected chi connectivity index (χ4v) is 4.66. The first-order chi connectivity index (χ1) is 17.8. The Morgan fingerprint density at radius 3 is 2.62 bits per heavy atom. The molecule has 1 amide bonds. The van der Waals surface area contributed by atoms with Crippen LogP contribution in [0.4, 0.5) is 10.6 Å². The molecule has 0 saturated carbocycles. The van der Waals surface area contributed by atoms with Crippen LogP contribution in [0.2, 0.25) is 0 Å². The van der Waals surface area contributed by atoms with Crippen molar-refractivity contribution in [1.82, 2.24) is 24.9 Å². The summed E-state index contributed by atoms with van der Waals surface area (Å²) in [6, 6.07) is 17.7. The number of ether oxygens (including phenoxy) is 1. The molecule has 1 fully saturated rings. The number of nitrogens with one attached hydrogen (secondary N) is 1. The van der Waals surface area contributed by atoms with Gasteiger partial charge in [0.15, 0.2) is 11.5 Å². The second-order valence-electron chi connectivity index (χ2n) is 10.3. The highest BCUT2D eigenvalue weighted by Crippen LogP contribution is 2.30. The molecule has 4 aromatic rings. The van der Waals surface area contributed by atoms with Gasteiger partial charge in [0.05, 0.1) is 23.8 Å².